The maximum Gasteiger partial charge on any atom is 0.257 e. The number of hydrogen-bond donors (Lipinski definition) is 1. The summed E-state index contributed by atoms with van der Waals surface area (Å²) in [6, 6.07) is 9.95. The molecule has 0 saturated carbocycles. The first-order valence-corrected chi connectivity index (χ1v) is 7.46. The molecule has 2 heterocycles. The van der Waals surface area contributed by atoms with E-state index in [9.17, 15) is 9.18 Å². The van der Waals surface area contributed by atoms with E-state index < -0.39 is 5.82 Å². The minimum absolute atomic E-state index is 0.0292. The average molecular weight is 317 g/mol. The topological polar surface area (TPSA) is 68.0 Å². The highest BCUT2D eigenvalue weighted by atomic mass is 32.1. The lowest BCUT2D eigenvalue weighted by molar-refractivity contribution is -0.120. The molecule has 5 nitrogen and oxygen atoms in total. The number of amides is 1. The molecular formula is C15H12FN3O2S. The lowest BCUT2D eigenvalue weighted by Gasteiger charge is -2.03. The minimum Gasteiger partial charge on any atom is -0.418 e. The van der Waals surface area contributed by atoms with Crippen molar-refractivity contribution in [3.8, 4) is 10.8 Å². The van der Waals surface area contributed by atoms with Crippen LogP contribution in [-0.4, -0.2) is 16.1 Å². The third-order valence-electron chi connectivity index (χ3n) is 2.94. The fraction of sp³-hybridized carbons (Fsp3) is 0.133. The van der Waals surface area contributed by atoms with Crippen LogP contribution in [0.25, 0.3) is 10.8 Å². The van der Waals surface area contributed by atoms with Gasteiger partial charge in [0.25, 0.3) is 5.89 Å². The van der Waals surface area contributed by atoms with Crippen molar-refractivity contribution in [2.24, 2.45) is 0 Å². The first-order chi connectivity index (χ1) is 10.7. The minimum atomic E-state index is -0.393. The van der Waals surface area contributed by atoms with Crippen LogP contribution < -0.4 is 5.32 Å². The second kappa shape index (κ2) is 6.48. The van der Waals surface area contributed by atoms with Crippen molar-refractivity contribution in [1.82, 2.24) is 15.5 Å². The van der Waals surface area contributed by atoms with Gasteiger partial charge in [-0.25, -0.2) is 4.39 Å². The van der Waals surface area contributed by atoms with Gasteiger partial charge in [0.1, 0.15) is 5.82 Å². The number of halogens is 1. The molecule has 2 aromatic heterocycles. The maximum atomic E-state index is 13.5. The molecule has 3 aromatic rings. The van der Waals surface area contributed by atoms with Crippen molar-refractivity contribution in [3.63, 3.8) is 0 Å². The number of nitrogens with one attached hydrogen (secondary N) is 1. The predicted octanol–water partition coefficient (Wildman–Crippen LogP) is 2.80. The molecule has 0 saturated heterocycles. The van der Waals surface area contributed by atoms with Crippen LogP contribution >= 0.6 is 11.3 Å². The molecule has 22 heavy (non-hydrogen) atoms. The van der Waals surface area contributed by atoms with Crippen LogP contribution in [0.1, 0.15) is 11.5 Å². The molecule has 0 spiro atoms. The predicted molar refractivity (Wildman–Crippen MR) is 79.6 cm³/mol. The van der Waals surface area contributed by atoms with Gasteiger partial charge in [-0.15, -0.1) is 21.5 Å². The summed E-state index contributed by atoms with van der Waals surface area (Å²) < 4.78 is 18.9. The Labute approximate surface area is 129 Å². The van der Waals surface area contributed by atoms with Gasteiger partial charge in [-0.05, 0) is 23.1 Å². The Morgan fingerprint density at radius 1 is 1.23 bits per heavy atom. The molecule has 1 N–H and O–H groups in total. The molecule has 0 aliphatic carbocycles. The summed E-state index contributed by atoms with van der Waals surface area (Å²) in [5.41, 5.74) is 0.352. The highest BCUT2D eigenvalue weighted by molar-refractivity contribution is 7.13. The van der Waals surface area contributed by atoms with Crippen LogP contribution in [0.3, 0.4) is 0 Å². The van der Waals surface area contributed by atoms with Gasteiger partial charge in [0.15, 0.2) is 0 Å². The zero-order chi connectivity index (χ0) is 15.4. The molecule has 1 aromatic carbocycles. The lowest BCUT2D eigenvalue weighted by atomic mass is 10.1. The Bertz CT molecular complexity index is 771. The molecular weight excluding hydrogens is 305 g/mol. The average Bonchev–Trinajstić information content (AvgIpc) is 3.18. The molecule has 0 unspecified atom stereocenters. The summed E-state index contributed by atoms with van der Waals surface area (Å²) in [6.45, 7) is 0.117. The molecule has 0 fully saturated rings. The second-order valence-corrected chi connectivity index (χ2v) is 5.47. The summed E-state index contributed by atoms with van der Waals surface area (Å²) in [4.78, 5) is 12.7. The van der Waals surface area contributed by atoms with E-state index in [1.807, 2.05) is 17.5 Å². The summed E-state index contributed by atoms with van der Waals surface area (Å²) >= 11 is 1.49. The molecule has 0 aliphatic heterocycles. The third kappa shape index (κ3) is 3.37. The number of carbonyl (C=O) groups is 1. The van der Waals surface area contributed by atoms with Gasteiger partial charge in [0.05, 0.1) is 17.8 Å². The van der Waals surface area contributed by atoms with Crippen molar-refractivity contribution in [1.29, 1.82) is 0 Å². The van der Waals surface area contributed by atoms with Gasteiger partial charge in [0.2, 0.25) is 11.8 Å². The Morgan fingerprint density at radius 3 is 2.86 bits per heavy atom. The fourth-order valence-electron chi connectivity index (χ4n) is 1.88. The van der Waals surface area contributed by atoms with E-state index in [0.29, 0.717) is 17.3 Å². The Kier molecular flexibility index (Phi) is 4.24. The third-order valence-corrected chi connectivity index (χ3v) is 3.80. The Balaban J connectivity index is 1.56. The van der Waals surface area contributed by atoms with Gasteiger partial charge >= 0.3 is 0 Å². The van der Waals surface area contributed by atoms with E-state index in [-0.39, 0.29) is 18.9 Å². The van der Waals surface area contributed by atoms with Gasteiger partial charge in [-0.1, -0.05) is 24.3 Å². The summed E-state index contributed by atoms with van der Waals surface area (Å²) in [7, 11) is 0. The Morgan fingerprint density at radius 2 is 2.09 bits per heavy atom. The van der Waals surface area contributed by atoms with Gasteiger partial charge in [0, 0.05) is 0 Å². The first kappa shape index (κ1) is 14.4. The van der Waals surface area contributed by atoms with Crippen molar-refractivity contribution in [3.05, 3.63) is 59.0 Å². The Hall–Kier alpha value is -2.54. The highest BCUT2D eigenvalue weighted by Crippen LogP contribution is 2.22. The summed E-state index contributed by atoms with van der Waals surface area (Å²) in [5.74, 6) is 0.0371. The molecule has 1 amide bonds. The van der Waals surface area contributed by atoms with E-state index in [4.69, 9.17) is 4.42 Å². The van der Waals surface area contributed by atoms with E-state index in [1.54, 1.807) is 18.2 Å². The first-order valence-electron chi connectivity index (χ1n) is 6.59. The summed E-state index contributed by atoms with van der Waals surface area (Å²) in [5, 5.41) is 12.3. The smallest absolute Gasteiger partial charge is 0.257 e. The van der Waals surface area contributed by atoms with Gasteiger partial charge in [-0.2, -0.15) is 0 Å². The number of hydrogen-bond acceptors (Lipinski definition) is 5. The molecule has 112 valence electrons. The van der Waals surface area contributed by atoms with E-state index in [1.165, 1.54) is 17.4 Å². The molecule has 7 heteroatoms. The maximum absolute atomic E-state index is 13.5. The molecule has 0 aliphatic rings. The van der Waals surface area contributed by atoms with Gasteiger partial charge < -0.3 is 9.73 Å². The monoisotopic (exact) mass is 317 g/mol. The number of thiophene rings is 1. The lowest BCUT2D eigenvalue weighted by Crippen LogP contribution is -2.25. The standard InChI is InChI=1S/C15H12FN3O2S/c16-11-5-2-1-4-10(11)8-13(20)17-9-14-18-19-15(21-14)12-6-3-7-22-12/h1-7H,8-9H2,(H,17,20). The molecule has 0 atom stereocenters. The molecule has 0 bridgehead atoms. The second-order valence-electron chi connectivity index (χ2n) is 4.52. The van der Waals surface area contributed by atoms with Crippen LogP contribution in [0.5, 0.6) is 0 Å². The van der Waals surface area contributed by atoms with Gasteiger partial charge in [-0.3, -0.25) is 4.79 Å². The van der Waals surface area contributed by atoms with Crippen molar-refractivity contribution in [2.75, 3.05) is 0 Å². The van der Waals surface area contributed by atoms with Crippen LogP contribution in [-0.2, 0) is 17.8 Å². The highest BCUT2D eigenvalue weighted by Gasteiger charge is 2.11. The molecule has 0 radical (unpaired) electrons. The number of carbonyl (C=O) groups excluding carboxylic acids is 1. The normalized spacial score (nSPS) is 10.6. The SMILES string of the molecule is O=C(Cc1ccccc1F)NCc1nnc(-c2cccs2)o1. The largest absolute Gasteiger partial charge is 0.418 e. The number of nitrogens with zero attached hydrogens (tertiary/aromatic N) is 2. The quantitative estimate of drug-likeness (QED) is 0.785. The van der Waals surface area contributed by atoms with Crippen LogP contribution in [0.2, 0.25) is 0 Å². The van der Waals surface area contributed by atoms with Crippen molar-refractivity contribution in [2.45, 2.75) is 13.0 Å². The van der Waals surface area contributed by atoms with E-state index in [2.05, 4.69) is 15.5 Å². The van der Waals surface area contributed by atoms with Crippen LogP contribution in [0.15, 0.2) is 46.2 Å². The number of aromatic nitrogens is 2. The van der Waals surface area contributed by atoms with Crippen molar-refractivity contribution < 1.29 is 13.6 Å². The number of rotatable bonds is 5. The zero-order valence-electron chi connectivity index (χ0n) is 11.5. The van der Waals surface area contributed by atoms with Crippen LogP contribution in [0, 0.1) is 5.82 Å². The zero-order valence-corrected chi connectivity index (χ0v) is 12.3. The van der Waals surface area contributed by atoms with E-state index >= 15 is 0 Å². The van der Waals surface area contributed by atoms with Crippen molar-refractivity contribution >= 4 is 17.2 Å². The fourth-order valence-corrected chi connectivity index (χ4v) is 2.52. The number of benzene rings is 1. The van der Waals surface area contributed by atoms with E-state index in [0.717, 1.165) is 4.88 Å². The van der Waals surface area contributed by atoms with Crippen LogP contribution in [0.4, 0.5) is 4.39 Å². The summed E-state index contributed by atoms with van der Waals surface area (Å²) in [6.07, 6.45) is -0.0292. The molecule has 3 rings (SSSR count).